The number of hydrogen-bond donors (Lipinski definition) is 3. The molecule has 0 saturated heterocycles. The summed E-state index contributed by atoms with van der Waals surface area (Å²) < 4.78 is 0. The van der Waals surface area contributed by atoms with E-state index in [1.54, 1.807) is 11.4 Å². The lowest BCUT2D eigenvalue weighted by Gasteiger charge is -2.27. The first-order chi connectivity index (χ1) is 8.59. The first-order valence-corrected chi connectivity index (χ1v) is 6.91. The second-order valence-corrected chi connectivity index (χ2v) is 5.49. The standard InChI is InChI=1S/C12H17N3O2S/c13-9-4-2-1-3-7(9)11(17)15-12-8(10(14)16)5-6-18-12/h5-7,9H,1-4,13H2,(H2,14,16)(H,15,17). The third-order valence-electron chi connectivity index (χ3n) is 3.32. The van der Waals surface area contributed by atoms with Gasteiger partial charge in [-0.1, -0.05) is 12.8 Å². The van der Waals surface area contributed by atoms with Gasteiger partial charge in [0.2, 0.25) is 5.91 Å². The van der Waals surface area contributed by atoms with E-state index < -0.39 is 5.91 Å². The van der Waals surface area contributed by atoms with E-state index in [4.69, 9.17) is 11.5 Å². The predicted octanol–water partition coefficient (Wildman–Crippen LogP) is 1.30. The van der Waals surface area contributed by atoms with Crippen molar-refractivity contribution >= 4 is 28.2 Å². The molecule has 2 atom stereocenters. The highest BCUT2D eigenvalue weighted by molar-refractivity contribution is 7.14. The van der Waals surface area contributed by atoms with Crippen LogP contribution < -0.4 is 16.8 Å². The molecular weight excluding hydrogens is 250 g/mol. The van der Waals surface area contributed by atoms with Gasteiger partial charge in [-0.15, -0.1) is 11.3 Å². The Morgan fingerprint density at radius 1 is 1.33 bits per heavy atom. The molecule has 0 spiro atoms. The van der Waals surface area contributed by atoms with E-state index in [1.165, 1.54) is 11.3 Å². The van der Waals surface area contributed by atoms with E-state index in [1.807, 2.05) is 0 Å². The average molecular weight is 267 g/mol. The number of hydrogen-bond acceptors (Lipinski definition) is 4. The van der Waals surface area contributed by atoms with Crippen molar-refractivity contribution in [3.63, 3.8) is 0 Å². The number of carbonyl (C=O) groups is 2. The normalized spacial score (nSPS) is 23.6. The maximum absolute atomic E-state index is 12.1. The van der Waals surface area contributed by atoms with Crippen LogP contribution in [0.3, 0.4) is 0 Å². The van der Waals surface area contributed by atoms with E-state index in [2.05, 4.69) is 5.32 Å². The number of primary amides is 1. The van der Waals surface area contributed by atoms with Crippen molar-refractivity contribution in [2.75, 3.05) is 5.32 Å². The predicted molar refractivity (Wildman–Crippen MR) is 71.4 cm³/mol. The van der Waals surface area contributed by atoms with Gasteiger partial charge >= 0.3 is 0 Å². The fraction of sp³-hybridized carbons (Fsp3) is 0.500. The molecule has 0 radical (unpaired) electrons. The molecule has 2 amide bonds. The minimum atomic E-state index is -0.528. The Bertz CT molecular complexity index is 458. The molecule has 1 aromatic heterocycles. The monoisotopic (exact) mass is 267 g/mol. The summed E-state index contributed by atoms with van der Waals surface area (Å²) in [6.07, 6.45) is 3.80. The van der Waals surface area contributed by atoms with E-state index in [9.17, 15) is 9.59 Å². The van der Waals surface area contributed by atoms with Crippen LogP contribution in [0.2, 0.25) is 0 Å². The molecule has 5 N–H and O–H groups in total. The van der Waals surface area contributed by atoms with Gasteiger partial charge in [-0.25, -0.2) is 0 Å². The van der Waals surface area contributed by atoms with Crippen LogP contribution in [0.25, 0.3) is 0 Å². The van der Waals surface area contributed by atoms with E-state index in [0.717, 1.165) is 25.7 Å². The van der Waals surface area contributed by atoms with Gasteiger partial charge in [0.15, 0.2) is 0 Å². The van der Waals surface area contributed by atoms with E-state index in [0.29, 0.717) is 10.6 Å². The molecule has 1 saturated carbocycles. The molecule has 1 aromatic rings. The molecule has 1 heterocycles. The largest absolute Gasteiger partial charge is 0.366 e. The van der Waals surface area contributed by atoms with Crippen LogP contribution in [-0.4, -0.2) is 17.9 Å². The topological polar surface area (TPSA) is 98.2 Å². The molecule has 1 fully saturated rings. The van der Waals surface area contributed by atoms with Crippen LogP contribution in [0.1, 0.15) is 36.0 Å². The van der Waals surface area contributed by atoms with Crippen LogP contribution in [-0.2, 0) is 4.79 Å². The maximum atomic E-state index is 12.1. The molecular formula is C12H17N3O2S. The fourth-order valence-corrected chi connectivity index (χ4v) is 3.09. The molecule has 2 unspecified atom stereocenters. The smallest absolute Gasteiger partial charge is 0.251 e. The molecule has 18 heavy (non-hydrogen) atoms. The first-order valence-electron chi connectivity index (χ1n) is 6.03. The second kappa shape index (κ2) is 5.49. The second-order valence-electron chi connectivity index (χ2n) is 4.57. The van der Waals surface area contributed by atoms with Crippen LogP contribution >= 0.6 is 11.3 Å². The van der Waals surface area contributed by atoms with Crippen molar-refractivity contribution in [2.45, 2.75) is 31.7 Å². The summed E-state index contributed by atoms with van der Waals surface area (Å²) in [5, 5.41) is 5.02. The van der Waals surface area contributed by atoms with Gasteiger partial charge < -0.3 is 16.8 Å². The van der Waals surface area contributed by atoms with Gasteiger partial charge in [0.25, 0.3) is 5.91 Å². The summed E-state index contributed by atoms with van der Waals surface area (Å²) in [5.74, 6) is -0.798. The molecule has 6 heteroatoms. The Labute approximate surface area is 110 Å². The van der Waals surface area contributed by atoms with Crippen LogP contribution in [0.4, 0.5) is 5.00 Å². The molecule has 1 aliphatic carbocycles. The third-order valence-corrected chi connectivity index (χ3v) is 4.15. The summed E-state index contributed by atoms with van der Waals surface area (Å²) >= 11 is 1.30. The van der Waals surface area contributed by atoms with Crippen LogP contribution in [0.5, 0.6) is 0 Å². The lowest BCUT2D eigenvalue weighted by Crippen LogP contribution is -2.40. The summed E-state index contributed by atoms with van der Waals surface area (Å²) in [5.41, 5.74) is 11.5. The van der Waals surface area contributed by atoms with Gasteiger partial charge in [-0.3, -0.25) is 9.59 Å². The summed E-state index contributed by atoms with van der Waals surface area (Å²) in [7, 11) is 0. The van der Waals surface area contributed by atoms with Gasteiger partial charge in [-0.05, 0) is 24.3 Å². The van der Waals surface area contributed by atoms with Crippen LogP contribution in [0.15, 0.2) is 11.4 Å². The molecule has 0 aliphatic heterocycles. The Morgan fingerprint density at radius 3 is 2.72 bits per heavy atom. The average Bonchev–Trinajstić information content (AvgIpc) is 2.77. The molecule has 2 rings (SSSR count). The Morgan fingerprint density at radius 2 is 2.06 bits per heavy atom. The lowest BCUT2D eigenvalue weighted by molar-refractivity contribution is -0.121. The number of amides is 2. The number of anilines is 1. The number of rotatable bonds is 3. The third kappa shape index (κ3) is 2.70. The fourth-order valence-electron chi connectivity index (χ4n) is 2.29. The van der Waals surface area contributed by atoms with Gasteiger partial charge in [-0.2, -0.15) is 0 Å². The maximum Gasteiger partial charge on any atom is 0.251 e. The van der Waals surface area contributed by atoms with E-state index in [-0.39, 0.29) is 17.9 Å². The Balaban J connectivity index is 2.06. The van der Waals surface area contributed by atoms with Crippen molar-refractivity contribution in [3.05, 3.63) is 17.0 Å². The highest BCUT2D eigenvalue weighted by atomic mass is 32.1. The van der Waals surface area contributed by atoms with Gasteiger partial charge in [0.1, 0.15) is 5.00 Å². The van der Waals surface area contributed by atoms with Gasteiger partial charge in [0, 0.05) is 6.04 Å². The summed E-state index contributed by atoms with van der Waals surface area (Å²) in [6, 6.07) is 1.53. The Kier molecular flexibility index (Phi) is 3.98. The number of nitrogens with two attached hydrogens (primary N) is 2. The molecule has 98 valence electrons. The molecule has 0 bridgehead atoms. The van der Waals surface area contributed by atoms with Crippen molar-refractivity contribution in [2.24, 2.45) is 17.4 Å². The van der Waals surface area contributed by atoms with Crippen molar-refractivity contribution in [1.29, 1.82) is 0 Å². The minimum Gasteiger partial charge on any atom is -0.366 e. The number of carbonyl (C=O) groups excluding carboxylic acids is 2. The highest BCUT2D eigenvalue weighted by Crippen LogP contribution is 2.27. The van der Waals surface area contributed by atoms with Crippen molar-refractivity contribution < 1.29 is 9.59 Å². The quantitative estimate of drug-likeness (QED) is 0.769. The van der Waals surface area contributed by atoms with Gasteiger partial charge in [0.05, 0.1) is 11.5 Å². The van der Waals surface area contributed by atoms with Crippen molar-refractivity contribution in [3.8, 4) is 0 Å². The zero-order valence-corrected chi connectivity index (χ0v) is 10.8. The highest BCUT2D eigenvalue weighted by Gasteiger charge is 2.29. The zero-order chi connectivity index (χ0) is 13.1. The molecule has 5 nitrogen and oxygen atoms in total. The zero-order valence-electron chi connectivity index (χ0n) is 10.0. The molecule has 0 aromatic carbocycles. The van der Waals surface area contributed by atoms with Crippen LogP contribution in [0, 0.1) is 5.92 Å². The number of thiophene rings is 1. The van der Waals surface area contributed by atoms with Crippen molar-refractivity contribution in [1.82, 2.24) is 0 Å². The first kappa shape index (κ1) is 13.0. The Hall–Kier alpha value is -1.40. The summed E-state index contributed by atoms with van der Waals surface area (Å²) in [4.78, 5) is 23.3. The van der Waals surface area contributed by atoms with E-state index >= 15 is 0 Å². The number of nitrogens with one attached hydrogen (secondary N) is 1. The summed E-state index contributed by atoms with van der Waals surface area (Å²) in [6.45, 7) is 0. The SMILES string of the molecule is NC(=O)c1ccsc1NC(=O)C1CCCCC1N. The lowest BCUT2D eigenvalue weighted by atomic mass is 9.84. The minimum absolute atomic E-state index is 0.0873. The molecule has 1 aliphatic rings.